The summed E-state index contributed by atoms with van der Waals surface area (Å²) in [5.74, 6) is 0.866. The molecule has 1 N–H and O–H groups in total. The van der Waals surface area contributed by atoms with Gasteiger partial charge in [0.15, 0.2) is 0 Å². The van der Waals surface area contributed by atoms with Crippen molar-refractivity contribution in [3.63, 3.8) is 0 Å². The van der Waals surface area contributed by atoms with E-state index in [1.54, 1.807) is 7.11 Å². The Labute approximate surface area is 125 Å². The summed E-state index contributed by atoms with van der Waals surface area (Å²) in [5, 5.41) is 4.05. The lowest BCUT2D eigenvalue weighted by atomic mass is 10.1. The Balaban J connectivity index is 2.20. The summed E-state index contributed by atoms with van der Waals surface area (Å²) >= 11 is 6.07. The third-order valence-electron chi connectivity index (χ3n) is 3.53. The van der Waals surface area contributed by atoms with E-state index in [4.69, 9.17) is 16.3 Å². The van der Waals surface area contributed by atoms with Crippen molar-refractivity contribution in [3.8, 4) is 5.75 Å². The lowest BCUT2D eigenvalue weighted by molar-refractivity contribution is 0.408. The van der Waals surface area contributed by atoms with Gasteiger partial charge in [-0.3, -0.25) is 0 Å². The van der Waals surface area contributed by atoms with E-state index in [1.807, 2.05) is 25.2 Å². The molecule has 2 aromatic rings. The van der Waals surface area contributed by atoms with Gasteiger partial charge in [0.25, 0.3) is 0 Å². The maximum absolute atomic E-state index is 6.07. The highest BCUT2D eigenvalue weighted by atomic mass is 35.5. The Morgan fingerprint density at radius 1 is 1.35 bits per heavy atom. The molecule has 0 aliphatic carbocycles. The number of methoxy groups -OCH3 is 1. The molecule has 0 radical (unpaired) electrons. The van der Waals surface area contributed by atoms with Crippen molar-refractivity contribution in [2.75, 3.05) is 14.2 Å². The molecule has 0 aliphatic heterocycles. The topological polar surface area (TPSA) is 26.2 Å². The number of ether oxygens (including phenoxy) is 1. The van der Waals surface area contributed by atoms with Crippen molar-refractivity contribution in [3.05, 3.63) is 52.8 Å². The number of nitrogens with zero attached hydrogens (tertiary/aromatic N) is 1. The number of rotatable bonds is 6. The van der Waals surface area contributed by atoms with Crippen LogP contribution in [0.1, 0.15) is 30.5 Å². The molecule has 0 aliphatic rings. The van der Waals surface area contributed by atoms with Gasteiger partial charge in [-0.1, -0.05) is 18.5 Å². The highest BCUT2D eigenvalue weighted by molar-refractivity contribution is 6.30. The van der Waals surface area contributed by atoms with Crippen molar-refractivity contribution in [2.45, 2.75) is 25.9 Å². The van der Waals surface area contributed by atoms with Crippen LogP contribution in [-0.4, -0.2) is 18.7 Å². The Hall–Kier alpha value is -1.45. The van der Waals surface area contributed by atoms with E-state index in [-0.39, 0.29) is 0 Å². The van der Waals surface area contributed by atoms with E-state index in [0.29, 0.717) is 6.04 Å². The van der Waals surface area contributed by atoms with Crippen LogP contribution >= 0.6 is 11.6 Å². The lowest BCUT2D eigenvalue weighted by Crippen LogP contribution is -2.14. The molecule has 20 heavy (non-hydrogen) atoms. The molecule has 0 fully saturated rings. The maximum Gasteiger partial charge on any atom is 0.123 e. The molecule has 0 saturated heterocycles. The second kappa shape index (κ2) is 6.82. The predicted molar refractivity (Wildman–Crippen MR) is 83.6 cm³/mol. The Morgan fingerprint density at radius 3 is 2.80 bits per heavy atom. The Bertz CT molecular complexity index is 561. The minimum absolute atomic E-state index is 0.400. The molecule has 0 amide bonds. The summed E-state index contributed by atoms with van der Waals surface area (Å²) in [4.78, 5) is 0. The van der Waals surface area contributed by atoms with Crippen LogP contribution in [0.25, 0.3) is 0 Å². The Morgan fingerprint density at radius 2 is 2.15 bits per heavy atom. The maximum atomic E-state index is 6.07. The molecule has 108 valence electrons. The van der Waals surface area contributed by atoms with Gasteiger partial charge in [-0.15, -0.1) is 0 Å². The predicted octanol–water partition coefficient (Wildman–Crippen LogP) is 3.87. The SMILES string of the molecule is CCC(NC)c1ccn(Cc2cc(Cl)ccc2OC)c1. The van der Waals surface area contributed by atoms with Gasteiger partial charge in [0.2, 0.25) is 0 Å². The van der Waals surface area contributed by atoms with Crippen LogP contribution in [0, 0.1) is 0 Å². The van der Waals surface area contributed by atoms with E-state index >= 15 is 0 Å². The molecule has 1 atom stereocenters. The minimum Gasteiger partial charge on any atom is -0.496 e. The first-order valence-electron chi connectivity index (χ1n) is 6.83. The average Bonchev–Trinajstić information content (AvgIpc) is 2.89. The minimum atomic E-state index is 0.400. The molecule has 1 aromatic heterocycles. The van der Waals surface area contributed by atoms with E-state index in [9.17, 15) is 0 Å². The smallest absolute Gasteiger partial charge is 0.123 e. The van der Waals surface area contributed by atoms with Crippen LogP contribution in [0.4, 0.5) is 0 Å². The monoisotopic (exact) mass is 292 g/mol. The zero-order valence-electron chi connectivity index (χ0n) is 12.2. The molecule has 0 bridgehead atoms. The number of halogens is 1. The van der Waals surface area contributed by atoms with Crippen LogP contribution in [0.3, 0.4) is 0 Å². The third-order valence-corrected chi connectivity index (χ3v) is 3.76. The number of hydrogen-bond acceptors (Lipinski definition) is 2. The van der Waals surface area contributed by atoms with E-state index in [0.717, 1.165) is 29.3 Å². The van der Waals surface area contributed by atoms with Gasteiger partial charge in [0.05, 0.1) is 13.7 Å². The first-order chi connectivity index (χ1) is 9.67. The van der Waals surface area contributed by atoms with E-state index in [1.165, 1.54) is 5.56 Å². The molecule has 2 rings (SSSR count). The summed E-state index contributed by atoms with van der Waals surface area (Å²) < 4.78 is 7.54. The van der Waals surface area contributed by atoms with Crippen LogP contribution in [0.15, 0.2) is 36.7 Å². The standard InChI is InChI=1S/C16H21ClN2O/c1-4-15(18-2)12-7-8-19(10-12)11-13-9-14(17)5-6-16(13)20-3/h5-10,15,18H,4,11H2,1-3H3. The zero-order valence-corrected chi connectivity index (χ0v) is 12.9. The summed E-state index contributed by atoms with van der Waals surface area (Å²) in [5.41, 5.74) is 2.38. The highest BCUT2D eigenvalue weighted by Gasteiger charge is 2.09. The van der Waals surface area contributed by atoms with Gasteiger partial charge >= 0.3 is 0 Å². The fourth-order valence-corrected chi connectivity index (χ4v) is 2.63. The Kier molecular flexibility index (Phi) is 5.10. The zero-order chi connectivity index (χ0) is 14.5. The number of benzene rings is 1. The van der Waals surface area contributed by atoms with E-state index in [2.05, 4.69) is 35.3 Å². The number of hydrogen-bond donors (Lipinski definition) is 1. The van der Waals surface area contributed by atoms with Crippen molar-refractivity contribution in [1.82, 2.24) is 9.88 Å². The molecular formula is C16H21ClN2O. The molecule has 4 heteroatoms. The van der Waals surface area contributed by atoms with Gasteiger partial charge in [0.1, 0.15) is 5.75 Å². The largest absolute Gasteiger partial charge is 0.496 e. The summed E-state index contributed by atoms with van der Waals surface area (Å²) in [6.45, 7) is 2.93. The molecule has 0 spiro atoms. The second-order valence-corrected chi connectivity index (χ2v) is 5.26. The van der Waals surface area contributed by atoms with Gasteiger partial charge in [-0.25, -0.2) is 0 Å². The highest BCUT2D eigenvalue weighted by Crippen LogP contribution is 2.24. The normalized spacial score (nSPS) is 12.4. The summed E-state index contributed by atoms with van der Waals surface area (Å²) in [7, 11) is 3.67. The molecule has 1 aromatic carbocycles. The van der Waals surface area contributed by atoms with Crippen LogP contribution in [-0.2, 0) is 6.54 Å². The number of nitrogens with one attached hydrogen (secondary N) is 1. The van der Waals surface area contributed by atoms with Crippen LogP contribution < -0.4 is 10.1 Å². The molecule has 1 unspecified atom stereocenters. The second-order valence-electron chi connectivity index (χ2n) is 4.82. The summed E-state index contributed by atoms with van der Waals surface area (Å²) in [6.07, 6.45) is 5.34. The van der Waals surface area contributed by atoms with Gasteiger partial charge in [-0.05, 0) is 43.3 Å². The fraction of sp³-hybridized carbons (Fsp3) is 0.375. The third kappa shape index (κ3) is 3.35. The van der Waals surface area contributed by atoms with Gasteiger partial charge in [0, 0.05) is 29.0 Å². The average molecular weight is 293 g/mol. The van der Waals surface area contributed by atoms with Crippen molar-refractivity contribution >= 4 is 11.6 Å². The lowest BCUT2D eigenvalue weighted by Gasteiger charge is -2.12. The quantitative estimate of drug-likeness (QED) is 0.875. The van der Waals surface area contributed by atoms with Crippen molar-refractivity contribution in [1.29, 1.82) is 0 Å². The molecule has 1 heterocycles. The number of aromatic nitrogens is 1. The molecule has 0 saturated carbocycles. The van der Waals surface area contributed by atoms with E-state index < -0.39 is 0 Å². The molecule has 3 nitrogen and oxygen atoms in total. The van der Waals surface area contributed by atoms with Crippen LogP contribution in [0.2, 0.25) is 5.02 Å². The fourth-order valence-electron chi connectivity index (χ4n) is 2.44. The van der Waals surface area contributed by atoms with Crippen LogP contribution in [0.5, 0.6) is 5.75 Å². The van der Waals surface area contributed by atoms with Crippen molar-refractivity contribution < 1.29 is 4.74 Å². The van der Waals surface area contributed by atoms with Gasteiger partial charge in [-0.2, -0.15) is 0 Å². The first kappa shape index (κ1) is 14.9. The molecular weight excluding hydrogens is 272 g/mol. The van der Waals surface area contributed by atoms with Gasteiger partial charge < -0.3 is 14.6 Å². The van der Waals surface area contributed by atoms with Crippen molar-refractivity contribution in [2.24, 2.45) is 0 Å². The first-order valence-corrected chi connectivity index (χ1v) is 7.21. The summed E-state index contributed by atoms with van der Waals surface area (Å²) in [6, 6.07) is 8.26.